The van der Waals surface area contributed by atoms with Crippen LogP contribution in [-0.4, -0.2) is 4.40 Å². The molecule has 0 atom stereocenters. The number of hydrogen-bond acceptors (Lipinski definition) is 1. The fourth-order valence-electron chi connectivity index (χ4n) is 10.0. The highest BCUT2D eigenvalue weighted by Crippen LogP contribution is 2.57. The Bertz CT molecular complexity index is 3230. The molecule has 0 fully saturated rings. The zero-order chi connectivity index (χ0) is 37.5. The topological polar surface area (TPSA) is 7.65 Å². The SMILES string of the molecule is c1ccc(-c2ccc(N(c3ccc4c(c3)C(c3ccccc3)(c3ccccc3)c3ccccc3-4)c3ccc4c5cccc6c7ccccc7n(c4c3)c65)cc2)cc1. The molecule has 2 aromatic heterocycles. The minimum Gasteiger partial charge on any atom is -0.310 e. The van der Waals surface area contributed by atoms with Gasteiger partial charge in [0.1, 0.15) is 0 Å². The number of nitrogens with zero attached hydrogens (tertiary/aromatic N) is 2. The van der Waals surface area contributed by atoms with E-state index in [0.717, 1.165) is 17.1 Å². The lowest BCUT2D eigenvalue weighted by molar-refractivity contribution is 0.768. The summed E-state index contributed by atoms with van der Waals surface area (Å²) in [5, 5.41) is 5.14. The molecule has 1 aliphatic carbocycles. The number of rotatable bonds is 6. The fourth-order valence-corrected chi connectivity index (χ4v) is 10.0. The van der Waals surface area contributed by atoms with Crippen LogP contribution >= 0.6 is 0 Å². The number of fused-ring (bicyclic) bond motifs is 9. The van der Waals surface area contributed by atoms with Crippen molar-refractivity contribution in [1.82, 2.24) is 4.40 Å². The van der Waals surface area contributed by atoms with E-state index in [1.54, 1.807) is 0 Å². The molecule has 57 heavy (non-hydrogen) atoms. The predicted molar refractivity (Wildman–Crippen MR) is 239 cm³/mol. The number of benzene rings is 9. The van der Waals surface area contributed by atoms with Gasteiger partial charge in [0.25, 0.3) is 0 Å². The minimum absolute atomic E-state index is 0.497. The van der Waals surface area contributed by atoms with Gasteiger partial charge in [-0.3, -0.25) is 0 Å². The second-order valence-corrected chi connectivity index (χ2v) is 15.3. The van der Waals surface area contributed by atoms with Crippen LogP contribution in [0.2, 0.25) is 0 Å². The third-order valence-electron chi connectivity index (χ3n) is 12.4. The number of hydrogen-bond donors (Lipinski definition) is 0. The minimum atomic E-state index is -0.497. The monoisotopic (exact) mass is 724 g/mol. The molecule has 1 aliphatic rings. The van der Waals surface area contributed by atoms with E-state index in [1.807, 2.05) is 0 Å². The highest BCUT2D eigenvalue weighted by atomic mass is 15.1. The Morgan fingerprint density at radius 3 is 1.60 bits per heavy atom. The van der Waals surface area contributed by atoms with E-state index >= 15 is 0 Å². The van der Waals surface area contributed by atoms with Gasteiger partial charge in [-0.1, -0.05) is 176 Å². The Kier molecular flexibility index (Phi) is 6.88. The first-order chi connectivity index (χ1) is 28.3. The van der Waals surface area contributed by atoms with Crippen LogP contribution in [0.4, 0.5) is 17.1 Å². The highest BCUT2D eigenvalue weighted by Gasteiger charge is 2.46. The average molecular weight is 725 g/mol. The quantitative estimate of drug-likeness (QED) is 0.166. The molecule has 12 rings (SSSR count). The third-order valence-corrected chi connectivity index (χ3v) is 12.4. The molecular formula is C55H36N2. The summed E-state index contributed by atoms with van der Waals surface area (Å²) in [6, 6.07) is 80.5. The number of anilines is 3. The van der Waals surface area contributed by atoms with Crippen molar-refractivity contribution in [3.63, 3.8) is 0 Å². The largest absolute Gasteiger partial charge is 0.310 e. The van der Waals surface area contributed by atoms with Gasteiger partial charge in [-0.05, 0) is 87.0 Å². The van der Waals surface area contributed by atoms with Gasteiger partial charge in [0, 0.05) is 38.6 Å². The van der Waals surface area contributed by atoms with Gasteiger partial charge in [0.15, 0.2) is 0 Å². The molecule has 0 saturated heterocycles. The molecule has 266 valence electrons. The van der Waals surface area contributed by atoms with Crippen molar-refractivity contribution in [3.8, 4) is 22.3 Å². The average Bonchev–Trinajstić information content (AvgIpc) is 3.91. The van der Waals surface area contributed by atoms with E-state index in [4.69, 9.17) is 0 Å². The summed E-state index contributed by atoms with van der Waals surface area (Å²) in [7, 11) is 0. The molecule has 2 heteroatoms. The standard InChI is InChI=1S/C55H36N2/c1-4-15-37(16-5-1)38-27-29-41(30-28-38)56(43-32-34-47-49-24-14-23-48-46-22-11-13-26-52(46)57(54(48)49)53(47)36-43)42-31-33-45-44-21-10-12-25-50(44)55(51(45)35-42,39-17-6-2-7-18-39)40-19-8-3-9-20-40/h1-36H. The Morgan fingerprint density at radius 2 is 0.860 bits per heavy atom. The molecule has 0 radical (unpaired) electrons. The fraction of sp³-hybridized carbons (Fsp3) is 0.0182. The maximum absolute atomic E-state index is 2.48. The van der Waals surface area contributed by atoms with Crippen LogP contribution in [0.25, 0.3) is 60.3 Å². The summed E-state index contributed by atoms with van der Waals surface area (Å²) in [6.45, 7) is 0. The van der Waals surface area contributed by atoms with Crippen molar-refractivity contribution in [2.75, 3.05) is 4.90 Å². The summed E-state index contributed by atoms with van der Waals surface area (Å²) in [5.74, 6) is 0. The van der Waals surface area contributed by atoms with Crippen molar-refractivity contribution in [2.24, 2.45) is 0 Å². The van der Waals surface area contributed by atoms with Gasteiger partial charge in [-0.25, -0.2) is 0 Å². The molecule has 0 saturated carbocycles. The van der Waals surface area contributed by atoms with Crippen LogP contribution in [0.3, 0.4) is 0 Å². The van der Waals surface area contributed by atoms with Gasteiger partial charge >= 0.3 is 0 Å². The normalized spacial score (nSPS) is 13.1. The maximum Gasteiger partial charge on any atom is 0.0714 e. The first-order valence-electron chi connectivity index (χ1n) is 19.8. The summed E-state index contributed by atoms with van der Waals surface area (Å²) in [4.78, 5) is 2.45. The molecule has 0 spiro atoms. The molecule has 0 amide bonds. The maximum atomic E-state index is 2.48. The van der Waals surface area contributed by atoms with Gasteiger partial charge < -0.3 is 9.30 Å². The zero-order valence-electron chi connectivity index (χ0n) is 31.2. The smallest absolute Gasteiger partial charge is 0.0714 e. The molecular weight excluding hydrogens is 689 g/mol. The second kappa shape index (κ2) is 12.3. The first-order valence-corrected chi connectivity index (χ1v) is 19.8. The predicted octanol–water partition coefficient (Wildman–Crippen LogP) is 14.3. The van der Waals surface area contributed by atoms with Crippen LogP contribution in [0.1, 0.15) is 22.3 Å². The molecule has 9 aromatic carbocycles. The van der Waals surface area contributed by atoms with E-state index in [9.17, 15) is 0 Å². The van der Waals surface area contributed by atoms with Crippen LogP contribution in [0.15, 0.2) is 218 Å². The summed E-state index contributed by atoms with van der Waals surface area (Å²) < 4.78 is 2.48. The van der Waals surface area contributed by atoms with Crippen LogP contribution in [0.5, 0.6) is 0 Å². The van der Waals surface area contributed by atoms with Gasteiger partial charge in [-0.15, -0.1) is 0 Å². The van der Waals surface area contributed by atoms with Crippen molar-refractivity contribution in [2.45, 2.75) is 5.41 Å². The Labute approximate surface area is 331 Å². The molecule has 0 aliphatic heterocycles. The Balaban J connectivity index is 1.13. The number of aromatic nitrogens is 1. The van der Waals surface area contributed by atoms with Crippen molar-refractivity contribution < 1.29 is 0 Å². The molecule has 2 nitrogen and oxygen atoms in total. The summed E-state index contributed by atoms with van der Waals surface area (Å²) in [6.07, 6.45) is 0. The third kappa shape index (κ3) is 4.53. The van der Waals surface area contributed by atoms with E-state index in [1.165, 1.54) is 82.6 Å². The highest BCUT2D eigenvalue weighted by molar-refractivity contribution is 6.23. The first kappa shape index (κ1) is 31.9. The van der Waals surface area contributed by atoms with Gasteiger partial charge in [0.05, 0.1) is 22.0 Å². The second-order valence-electron chi connectivity index (χ2n) is 15.3. The molecule has 11 aromatic rings. The van der Waals surface area contributed by atoms with E-state index in [0.29, 0.717) is 0 Å². The van der Waals surface area contributed by atoms with Crippen LogP contribution in [0, 0.1) is 0 Å². The van der Waals surface area contributed by atoms with E-state index < -0.39 is 5.41 Å². The summed E-state index contributed by atoms with van der Waals surface area (Å²) in [5.41, 5.74) is 16.6. The molecule has 0 N–H and O–H groups in total. The Hall–Kier alpha value is -7.42. The van der Waals surface area contributed by atoms with Gasteiger partial charge in [-0.2, -0.15) is 0 Å². The lowest BCUT2D eigenvalue weighted by Gasteiger charge is -2.35. The van der Waals surface area contributed by atoms with Crippen molar-refractivity contribution >= 4 is 55.2 Å². The van der Waals surface area contributed by atoms with Crippen LogP contribution in [-0.2, 0) is 5.41 Å². The van der Waals surface area contributed by atoms with Crippen molar-refractivity contribution in [3.05, 3.63) is 241 Å². The lowest BCUT2D eigenvalue weighted by atomic mass is 9.67. The molecule has 2 heterocycles. The summed E-state index contributed by atoms with van der Waals surface area (Å²) >= 11 is 0. The van der Waals surface area contributed by atoms with E-state index in [-0.39, 0.29) is 0 Å². The Morgan fingerprint density at radius 1 is 0.333 bits per heavy atom. The molecule has 0 bridgehead atoms. The van der Waals surface area contributed by atoms with E-state index in [2.05, 4.69) is 228 Å². The molecule has 0 unspecified atom stereocenters. The van der Waals surface area contributed by atoms with Crippen molar-refractivity contribution in [1.29, 1.82) is 0 Å². The van der Waals surface area contributed by atoms with Crippen LogP contribution < -0.4 is 4.90 Å². The zero-order valence-corrected chi connectivity index (χ0v) is 31.2. The van der Waals surface area contributed by atoms with Gasteiger partial charge in [0.2, 0.25) is 0 Å². The lowest BCUT2D eigenvalue weighted by Crippen LogP contribution is -2.28. The number of para-hydroxylation sites is 2.